The van der Waals surface area contributed by atoms with E-state index < -0.39 is 29.6 Å². The average Bonchev–Trinajstić information content (AvgIpc) is 2.39. The van der Waals surface area contributed by atoms with Gasteiger partial charge in [-0.25, -0.2) is 0 Å². The van der Waals surface area contributed by atoms with Gasteiger partial charge in [-0.3, -0.25) is 0 Å². The highest BCUT2D eigenvalue weighted by Crippen LogP contribution is 2.51. The van der Waals surface area contributed by atoms with Gasteiger partial charge in [0, 0.05) is 12.3 Å². The lowest BCUT2D eigenvalue weighted by molar-refractivity contribution is 0.116. The lowest BCUT2D eigenvalue weighted by Crippen LogP contribution is -2.91. The van der Waals surface area contributed by atoms with E-state index in [4.69, 9.17) is 15.9 Å². The van der Waals surface area contributed by atoms with Crippen molar-refractivity contribution in [2.75, 3.05) is 13.1 Å². The van der Waals surface area contributed by atoms with Crippen molar-refractivity contribution in [3.63, 3.8) is 0 Å². The Balaban J connectivity index is 3.41. The van der Waals surface area contributed by atoms with Gasteiger partial charge < -0.3 is 15.9 Å². The molecule has 0 spiro atoms. The molecule has 1 saturated heterocycles. The van der Waals surface area contributed by atoms with E-state index in [2.05, 4.69) is 52.4 Å². The van der Waals surface area contributed by atoms with E-state index in [1.165, 1.54) is 12.8 Å². The Morgan fingerprint density at radius 2 is 1.14 bits per heavy atom. The molecule has 0 aromatic rings. The quantitative estimate of drug-likeness (QED) is 0.699. The molecule has 1 rings (SSSR count). The molecule has 0 atom stereocenters. The maximum Gasteiger partial charge on any atom is 0.171 e. The maximum atomic E-state index is 7.22. The highest BCUT2D eigenvalue weighted by Gasteiger charge is 2.71. The fourth-order valence-corrected chi connectivity index (χ4v) is 75.7. The van der Waals surface area contributed by atoms with Gasteiger partial charge in [-0.05, 0) is 51.9 Å². The summed E-state index contributed by atoms with van der Waals surface area (Å²) in [6.45, 7) is 22.6. The van der Waals surface area contributed by atoms with E-state index in [9.17, 15) is 0 Å². The number of nitrogens with two attached hydrogens (primary N) is 2. The normalized spacial score (nSPS) is 27.5. The first-order chi connectivity index (χ1) is 9.83. The zero-order valence-corrected chi connectivity index (χ0v) is 20.3. The molecule has 0 bridgehead atoms. The molecule has 0 aliphatic carbocycles. The van der Waals surface area contributed by atoms with Crippen LogP contribution in [0.5, 0.6) is 0 Å². The lowest BCUT2D eigenvalue weighted by Gasteiger charge is -2.68. The highest BCUT2D eigenvalue weighted by molar-refractivity contribution is 7.83. The largest absolute Gasteiger partial charge is 0.418 e. The van der Waals surface area contributed by atoms with Gasteiger partial charge >= 0.3 is 0 Å². The number of hydrogen-bond acceptors (Lipinski definition) is 3. The molecular weight excluding hydrogens is 337 g/mol. The summed E-state index contributed by atoms with van der Waals surface area (Å²) in [6.07, 6.45) is 4.52. The van der Waals surface area contributed by atoms with E-state index in [1.54, 1.807) is 0 Å². The molecule has 1 aliphatic heterocycles. The Bertz CT molecular complexity index is 389. The Labute approximate surface area is 142 Å². The summed E-state index contributed by atoms with van der Waals surface area (Å²) in [5.41, 5.74) is 11.8. The molecule has 0 aromatic heterocycles. The predicted octanol–water partition coefficient (Wildman–Crippen LogP) is 3.34. The van der Waals surface area contributed by atoms with Crippen LogP contribution in [0.25, 0.3) is 0 Å². The summed E-state index contributed by atoms with van der Waals surface area (Å²) in [5.74, 6) is 0. The van der Waals surface area contributed by atoms with Gasteiger partial charge in [0.2, 0.25) is 0 Å². The van der Waals surface area contributed by atoms with Gasteiger partial charge in [-0.1, -0.05) is 39.3 Å². The summed E-state index contributed by atoms with van der Waals surface area (Å²) in [4.78, 5) is 0. The number of rotatable bonds is 6. The lowest BCUT2D eigenvalue weighted by atomic mass is 10.1. The van der Waals surface area contributed by atoms with Crippen molar-refractivity contribution in [1.82, 2.24) is 0 Å². The summed E-state index contributed by atoms with van der Waals surface area (Å²) >= 11 is 0. The summed E-state index contributed by atoms with van der Waals surface area (Å²) < 4.78 is 7.22. The topological polar surface area (TPSA) is 61.3 Å². The van der Waals surface area contributed by atoms with Crippen molar-refractivity contribution in [2.24, 2.45) is 11.5 Å². The smallest absolute Gasteiger partial charge is 0.171 e. The molecule has 3 nitrogen and oxygen atoms in total. The van der Waals surface area contributed by atoms with Gasteiger partial charge in [0.1, 0.15) is 0 Å². The first kappa shape index (κ1) is 20.8. The monoisotopic (exact) mass is 376 g/mol. The highest BCUT2D eigenvalue weighted by atomic mass is 29.8. The van der Waals surface area contributed by atoms with Gasteiger partial charge in [0.25, 0.3) is 0 Å². The maximum absolute atomic E-state index is 7.22. The second kappa shape index (κ2) is 6.57. The van der Waals surface area contributed by atoms with Crippen molar-refractivity contribution in [3.8, 4) is 0 Å². The molecule has 0 unspecified atom stereocenters. The fourth-order valence-electron chi connectivity index (χ4n) is 4.47. The minimum absolute atomic E-state index is 0.139. The van der Waals surface area contributed by atoms with Crippen molar-refractivity contribution in [2.45, 2.75) is 83.3 Å². The van der Waals surface area contributed by atoms with Crippen molar-refractivity contribution < 1.29 is 4.43 Å². The first-order valence-electron chi connectivity index (χ1n) is 8.93. The van der Waals surface area contributed by atoms with Crippen LogP contribution in [0.2, 0.25) is 52.4 Å². The fraction of sp³-hybridized carbons (Fsp3) is 1.00. The molecule has 1 aliphatic rings. The van der Waals surface area contributed by atoms with Crippen LogP contribution in [0.15, 0.2) is 0 Å². The zero-order chi connectivity index (χ0) is 17.4. The molecule has 1 heterocycles. The van der Waals surface area contributed by atoms with Crippen LogP contribution in [0.3, 0.4) is 0 Å². The molecule has 0 amide bonds. The Morgan fingerprint density at radius 3 is 1.50 bits per heavy atom. The van der Waals surface area contributed by atoms with Crippen LogP contribution in [-0.2, 0) is 4.43 Å². The van der Waals surface area contributed by atoms with E-state index >= 15 is 0 Å². The van der Waals surface area contributed by atoms with E-state index in [0.29, 0.717) is 0 Å². The zero-order valence-electron chi connectivity index (χ0n) is 16.3. The van der Waals surface area contributed by atoms with Crippen LogP contribution in [0.1, 0.15) is 25.7 Å². The van der Waals surface area contributed by atoms with E-state index in [1.807, 2.05) is 0 Å². The molecule has 0 radical (unpaired) electrons. The van der Waals surface area contributed by atoms with Gasteiger partial charge in [0.05, 0.1) is 14.7 Å². The van der Waals surface area contributed by atoms with Crippen molar-refractivity contribution in [1.29, 1.82) is 0 Å². The minimum Gasteiger partial charge on any atom is -0.418 e. The van der Waals surface area contributed by atoms with Gasteiger partial charge in [-0.15, -0.1) is 0 Å². The SMILES string of the molecule is C[Si]1(C)OC(CCCN)(CCCN)[Si](C)(C)[Si](C)(C)[Si]1(C)C. The molecule has 0 aromatic carbocycles. The van der Waals surface area contributed by atoms with Gasteiger partial charge in [0.15, 0.2) is 7.83 Å². The van der Waals surface area contributed by atoms with Crippen molar-refractivity contribution in [3.05, 3.63) is 0 Å². The minimum atomic E-state index is -1.62. The van der Waals surface area contributed by atoms with Crippen molar-refractivity contribution >= 4 is 29.6 Å². The molecular formula is C15H40N2OSi4. The summed E-state index contributed by atoms with van der Waals surface area (Å²) in [6, 6.07) is 0. The van der Waals surface area contributed by atoms with E-state index in [0.717, 1.165) is 25.9 Å². The third kappa shape index (κ3) is 2.91. The van der Waals surface area contributed by atoms with Crippen LogP contribution >= 0.6 is 0 Å². The summed E-state index contributed by atoms with van der Waals surface area (Å²) in [5, 5.41) is 0.139. The molecule has 4 N–H and O–H groups in total. The van der Waals surface area contributed by atoms with Crippen LogP contribution < -0.4 is 11.5 Å². The van der Waals surface area contributed by atoms with Crippen LogP contribution in [0, 0.1) is 0 Å². The third-order valence-electron chi connectivity index (χ3n) is 7.79. The second-order valence-corrected chi connectivity index (χ2v) is 48.5. The molecule has 22 heavy (non-hydrogen) atoms. The Kier molecular flexibility index (Phi) is 6.21. The van der Waals surface area contributed by atoms with Crippen LogP contribution in [-0.4, -0.2) is 48.0 Å². The van der Waals surface area contributed by atoms with Crippen LogP contribution in [0.4, 0.5) is 0 Å². The third-order valence-corrected chi connectivity index (χ3v) is 75.0. The molecule has 0 saturated carbocycles. The predicted molar refractivity (Wildman–Crippen MR) is 110 cm³/mol. The molecule has 1 fully saturated rings. The summed E-state index contributed by atoms with van der Waals surface area (Å²) in [7, 11) is -5.70. The molecule has 132 valence electrons. The van der Waals surface area contributed by atoms with E-state index in [-0.39, 0.29) is 5.22 Å². The Morgan fingerprint density at radius 1 is 0.727 bits per heavy atom. The van der Waals surface area contributed by atoms with Gasteiger partial charge in [-0.2, -0.15) is 0 Å². The Hall–Kier alpha value is 0.748. The first-order valence-corrected chi connectivity index (χ1v) is 23.8. The molecule has 7 heteroatoms. The number of hydrogen-bond donors (Lipinski definition) is 2. The standard InChI is InChI=1S/C15H40N2OSi4/c1-19(2)15(11-9-13-16,12-10-14-17)18-20(3,4)22(7,8)21(19,5)6/h9-14,16-17H2,1-8H3. The average molecular weight is 377 g/mol. The second-order valence-electron chi connectivity index (χ2n) is 9.27.